The van der Waals surface area contributed by atoms with E-state index in [9.17, 15) is 22.4 Å². The number of halogens is 5. The van der Waals surface area contributed by atoms with Crippen LogP contribution in [0.2, 0.25) is 5.02 Å². The number of carbonyl (C=O) groups excluding carboxylic acids is 1. The molecule has 4 heterocycles. The predicted octanol–water partition coefficient (Wildman–Crippen LogP) is 4.06. The third-order valence-electron chi connectivity index (χ3n) is 6.74. The number of aromatic nitrogens is 4. The van der Waals surface area contributed by atoms with Gasteiger partial charge < -0.3 is 20.4 Å². The Morgan fingerprint density at radius 1 is 1.10 bits per heavy atom. The molecule has 0 aliphatic carbocycles. The first-order chi connectivity index (χ1) is 19.0. The molecule has 10 nitrogen and oxygen atoms in total. The first kappa shape index (κ1) is 27.9. The largest absolute Gasteiger partial charge is 0.401 e. The maximum Gasteiger partial charge on any atom is 0.401 e. The van der Waals surface area contributed by atoms with Crippen molar-refractivity contribution >= 4 is 40.9 Å². The number of anilines is 4. The lowest BCUT2D eigenvalue weighted by atomic mass is 10.2. The molecule has 2 saturated heterocycles. The number of rotatable bonds is 7. The molecule has 0 bridgehead atoms. The molecule has 3 N–H and O–H groups in total. The Kier molecular flexibility index (Phi) is 7.99. The molecule has 2 aliphatic rings. The van der Waals surface area contributed by atoms with E-state index in [2.05, 4.69) is 30.8 Å². The Morgan fingerprint density at radius 2 is 1.88 bits per heavy atom. The Balaban J connectivity index is 1.30. The van der Waals surface area contributed by atoms with Crippen molar-refractivity contribution in [3.05, 3.63) is 52.4 Å². The average molecular weight is 582 g/mol. The average Bonchev–Trinajstić information content (AvgIpc) is 3.51. The van der Waals surface area contributed by atoms with Crippen LogP contribution in [0.1, 0.15) is 22.5 Å². The van der Waals surface area contributed by atoms with Gasteiger partial charge in [0, 0.05) is 68.2 Å². The number of aromatic amines is 1. The number of H-pyrrole nitrogens is 1. The molecule has 15 heteroatoms. The molecule has 214 valence electrons. The van der Waals surface area contributed by atoms with Gasteiger partial charge in [-0.3, -0.25) is 14.8 Å². The van der Waals surface area contributed by atoms with Crippen LogP contribution in [0, 0.1) is 12.7 Å². The molecule has 2 fully saturated rings. The normalized spacial score (nSPS) is 18.3. The van der Waals surface area contributed by atoms with Crippen molar-refractivity contribution < 1.29 is 22.4 Å². The molecule has 1 amide bonds. The van der Waals surface area contributed by atoms with Crippen LogP contribution >= 0.6 is 11.6 Å². The Labute approximate surface area is 232 Å². The number of nitrogens with one attached hydrogen (secondary N) is 3. The van der Waals surface area contributed by atoms with E-state index >= 15 is 0 Å². The van der Waals surface area contributed by atoms with Gasteiger partial charge in [0.1, 0.15) is 17.5 Å². The second-order valence-electron chi connectivity index (χ2n) is 9.88. The van der Waals surface area contributed by atoms with E-state index in [0.29, 0.717) is 56.0 Å². The van der Waals surface area contributed by atoms with Gasteiger partial charge >= 0.3 is 6.18 Å². The monoisotopic (exact) mass is 581 g/mol. The van der Waals surface area contributed by atoms with Crippen molar-refractivity contribution in [3.8, 4) is 0 Å². The topological polar surface area (TPSA) is 105 Å². The van der Waals surface area contributed by atoms with Crippen molar-refractivity contribution in [2.24, 2.45) is 0 Å². The number of benzene rings is 1. The van der Waals surface area contributed by atoms with Crippen molar-refractivity contribution in [3.63, 3.8) is 0 Å². The fourth-order valence-electron chi connectivity index (χ4n) is 4.81. The van der Waals surface area contributed by atoms with E-state index in [0.717, 1.165) is 11.8 Å². The van der Waals surface area contributed by atoms with Gasteiger partial charge in [-0.1, -0.05) is 11.6 Å². The third kappa shape index (κ3) is 6.91. The molecule has 3 aromatic rings. The summed E-state index contributed by atoms with van der Waals surface area (Å²) >= 11 is 5.81. The van der Waals surface area contributed by atoms with Crippen LogP contribution in [0.25, 0.3) is 0 Å². The summed E-state index contributed by atoms with van der Waals surface area (Å²) < 4.78 is 52.8. The molecule has 2 aliphatic heterocycles. The number of piperazine rings is 1. The molecule has 0 radical (unpaired) electrons. The van der Waals surface area contributed by atoms with Gasteiger partial charge in [-0.15, -0.1) is 0 Å². The minimum Gasteiger partial charge on any atom is -0.354 e. The van der Waals surface area contributed by atoms with E-state index in [-0.39, 0.29) is 29.7 Å². The number of carbonyl (C=O) groups is 1. The van der Waals surface area contributed by atoms with Crippen LogP contribution in [-0.2, 0) is 0 Å². The van der Waals surface area contributed by atoms with E-state index in [1.807, 2.05) is 11.8 Å². The zero-order valence-electron chi connectivity index (χ0n) is 21.6. The Hall–Kier alpha value is -3.65. The number of alkyl halides is 3. The van der Waals surface area contributed by atoms with E-state index in [1.165, 1.54) is 17.0 Å². The number of amides is 1. The number of likely N-dealkylation sites (tertiary alicyclic amines) is 1. The molecule has 0 spiro atoms. The second-order valence-corrected chi connectivity index (χ2v) is 10.3. The highest BCUT2D eigenvalue weighted by atomic mass is 35.5. The molecule has 0 unspecified atom stereocenters. The lowest BCUT2D eigenvalue weighted by Gasteiger charge is -2.35. The molecular weight excluding hydrogens is 554 g/mol. The fourth-order valence-corrected chi connectivity index (χ4v) is 4.96. The fraction of sp³-hybridized carbons (Fsp3) is 0.440. The molecule has 5 rings (SSSR count). The summed E-state index contributed by atoms with van der Waals surface area (Å²) in [6.07, 6.45) is -3.66. The highest BCUT2D eigenvalue weighted by Gasteiger charge is 2.33. The summed E-state index contributed by atoms with van der Waals surface area (Å²) in [6.45, 7) is 2.86. The van der Waals surface area contributed by atoms with Crippen molar-refractivity contribution in [2.75, 3.05) is 61.3 Å². The maximum absolute atomic E-state index is 14.3. The summed E-state index contributed by atoms with van der Waals surface area (Å²) in [4.78, 5) is 26.9. The zero-order valence-corrected chi connectivity index (χ0v) is 22.4. The van der Waals surface area contributed by atoms with Gasteiger partial charge in [-0.2, -0.15) is 28.2 Å². The summed E-state index contributed by atoms with van der Waals surface area (Å²) in [5, 5.41) is 13.6. The van der Waals surface area contributed by atoms with Crippen LogP contribution in [0.3, 0.4) is 0 Å². The van der Waals surface area contributed by atoms with Crippen LogP contribution in [0.15, 0.2) is 30.3 Å². The minimum absolute atomic E-state index is 0.0475. The van der Waals surface area contributed by atoms with Crippen LogP contribution in [0.4, 0.5) is 41.0 Å². The van der Waals surface area contributed by atoms with Gasteiger partial charge in [-0.25, -0.2) is 4.39 Å². The van der Waals surface area contributed by atoms with Crippen LogP contribution < -0.4 is 15.5 Å². The molecule has 1 aromatic carbocycles. The highest BCUT2D eigenvalue weighted by Crippen LogP contribution is 2.26. The number of nitrogens with zero attached hydrogens (tertiary/aromatic N) is 6. The SMILES string of the molecule is Cc1cc(Nc2cc(N3CCN(CC(F)(F)F)CC3)nc(N[C@H]3CCN(C(=O)c4ccc(Cl)cc4F)C3)n2)n[nH]1. The first-order valence-electron chi connectivity index (χ1n) is 12.8. The molecule has 40 heavy (non-hydrogen) atoms. The van der Waals surface area contributed by atoms with E-state index in [1.54, 1.807) is 17.0 Å². The first-order valence-corrected chi connectivity index (χ1v) is 13.1. The number of hydrogen-bond acceptors (Lipinski definition) is 8. The second kappa shape index (κ2) is 11.5. The summed E-state index contributed by atoms with van der Waals surface area (Å²) in [5.41, 5.74) is 0.803. The van der Waals surface area contributed by atoms with Gasteiger partial charge in [0.2, 0.25) is 5.95 Å². The standard InChI is InChI=1S/C25H28ClF4N9O/c1-15-10-21(36-35-15)32-20-12-22(38-8-6-37(7-9-38)14-25(28,29)30)34-24(33-20)31-17-4-5-39(13-17)23(40)18-3-2-16(26)11-19(18)27/h2-3,10-12,17H,4-9,13-14H2,1H3,(H3,31,32,33,34,35,36)/t17-/m0/s1. The molecular formula is C25H28ClF4N9O. The lowest BCUT2D eigenvalue weighted by molar-refractivity contribution is -0.146. The summed E-state index contributed by atoms with van der Waals surface area (Å²) in [7, 11) is 0. The maximum atomic E-state index is 14.3. The van der Waals surface area contributed by atoms with Crippen molar-refractivity contribution in [2.45, 2.75) is 25.6 Å². The molecule has 0 saturated carbocycles. The quantitative estimate of drug-likeness (QED) is 0.359. The highest BCUT2D eigenvalue weighted by molar-refractivity contribution is 6.30. The van der Waals surface area contributed by atoms with Crippen molar-refractivity contribution in [1.82, 2.24) is 30.0 Å². The third-order valence-corrected chi connectivity index (χ3v) is 6.98. The Morgan fingerprint density at radius 3 is 2.55 bits per heavy atom. The smallest absolute Gasteiger partial charge is 0.354 e. The Bertz CT molecular complexity index is 1360. The summed E-state index contributed by atoms with van der Waals surface area (Å²) in [6, 6.07) is 7.29. The van der Waals surface area contributed by atoms with Gasteiger partial charge in [0.25, 0.3) is 5.91 Å². The molecule has 1 atom stereocenters. The summed E-state index contributed by atoms with van der Waals surface area (Å²) in [5.74, 6) is 0.734. The number of aryl methyl sites for hydroxylation is 1. The lowest BCUT2D eigenvalue weighted by Crippen LogP contribution is -2.49. The van der Waals surface area contributed by atoms with Gasteiger partial charge in [0.05, 0.1) is 12.1 Å². The van der Waals surface area contributed by atoms with Gasteiger partial charge in [-0.05, 0) is 31.5 Å². The van der Waals surface area contributed by atoms with Crippen LogP contribution in [-0.4, -0.2) is 93.9 Å². The van der Waals surface area contributed by atoms with Gasteiger partial charge in [0.15, 0.2) is 5.82 Å². The number of hydrogen-bond donors (Lipinski definition) is 3. The van der Waals surface area contributed by atoms with E-state index < -0.39 is 24.4 Å². The van der Waals surface area contributed by atoms with Crippen molar-refractivity contribution in [1.29, 1.82) is 0 Å². The van der Waals surface area contributed by atoms with Crippen LogP contribution in [0.5, 0.6) is 0 Å². The minimum atomic E-state index is -4.25. The van der Waals surface area contributed by atoms with E-state index in [4.69, 9.17) is 11.6 Å². The zero-order chi connectivity index (χ0) is 28.4. The predicted molar refractivity (Wildman–Crippen MR) is 143 cm³/mol. The molecule has 2 aromatic heterocycles.